The van der Waals surface area contributed by atoms with Gasteiger partial charge in [-0.15, -0.1) is 0 Å². The molecule has 1 aliphatic rings. The van der Waals surface area contributed by atoms with Gasteiger partial charge in [-0.1, -0.05) is 6.07 Å². The number of aryl methyl sites for hydroxylation is 1. The Bertz CT molecular complexity index is 1120. The number of nitrogens with one attached hydrogen (secondary N) is 1. The largest absolute Gasteiger partial charge is 0.486 e. The van der Waals surface area contributed by atoms with Crippen LogP contribution in [0.2, 0.25) is 0 Å². The summed E-state index contributed by atoms with van der Waals surface area (Å²) in [5.41, 5.74) is 1.92. The maximum absolute atomic E-state index is 12.9. The quantitative estimate of drug-likeness (QED) is 0.445. The van der Waals surface area contributed by atoms with E-state index in [0.717, 1.165) is 41.5 Å². The Morgan fingerprint density at radius 2 is 1.94 bits per heavy atom. The lowest BCUT2D eigenvalue weighted by Gasteiger charge is -2.24. The Labute approximate surface area is 205 Å². The summed E-state index contributed by atoms with van der Waals surface area (Å²) < 4.78 is 13.0. The summed E-state index contributed by atoms with van der Waals surface area (Å²) in [6.07, 6.45) is 6.77. The lowest BCUT2D eigenvalue weighted by molar-refractivity contribution is -0.119. The van der Waals surface area contributed by atoms with Gasteiger partial charge in [-0.05, 0) is 58.1 Å². The van der Waals surface area contributed by atoms with Gasteiger partial charge >= 0.3 is 0 Å². The van der Waals surface area contributed by atoms with E-state index < -0.39 is 0 Å². The van der Waals surface area contributed by atoms with Crippen molar-refractivity contribution in [2.24, 2.45) is 0 Å². The van der Waals surface area contributed by atoms with Gasteiger partial charge in [0.1, 0.15) is 25.4 Å². The molecule has 0 aliphatic carbocycles. The number of imidazole rings is 1. The van der Waals surface area contributed by atoms with Gasteiger partial charge in [0.15, 0.2) is 11.5 Å². The molecule has 1 amide bonds. The molecule has 1 aliphatic heterocycles. The molecule has 10 heteroatoms. The minimum atomic E-state index is -0.0483. The van der Waals surface area contributed by atoms with Gasteiger partial charge in [0.2, 0.25) is 11.9 Å². The summed E-state index contributed by atoms with van der Waals surface area (Å²) in [5.74, 6) is 2.75. The molecule has 3 aromatic rings. The van der Waals surface area contributed by atoms with Crippen LogP contribution < -0.4 is 19.7 Å². The average molecular weight is 480 g/mol. The van der Waals surface area contributed by atoms with Crippen LogP contribution in [0.15, 0.2) is 43.0 Å². The molecule has 0 radical (unpaired) electrons. The molecular weight excluding hydrogens is 446 g/mol. The van der Waals surface area contributed by atoms with Gasteiger partial charge in [0.25, 0.3) is 0 Å². The van der Waals surface area contributed by atoms with Gasteiger partial charge in [0, 0.05) is 37.2 Å². The summed E-state index contributed by atoms with van der Waals surface area (Å²) in [6, 6.07) is 7.83. The fourth-order valence-corrected chi connectivity index (χ4v) is 3.86. The fraction of sp³-hybridized carbons (Fsp3) is 0.440. The smallest absolute Gasteiger partial charge is 0.239 e. The van der Waals surface area contributed by atoms with Gasteiger partial charge in [0.05, 0.1) is 6.54 Å². The second-order valence-corrected chi connectivity index (χ2v) is 8.79. The summed E-state index contributed by atoms with van der Waals surface area (Å²) in [5, 5.41) is 3.05. The zero-order chi connectivity index (χ0) is 24.6. The molecule has 4 rings (SSSR count). The lowest BCUT2D eigenvalue weighted by Crippen LogP contribution is -2.39. The average Bonchev–Trinajstić information content (AvgIpc) is 3.38. The number of fused-ring (bicyclic) bond motifs is 1. The number of nitrogens with zero attached hydrogens (tertiary/aromatic N) is 6. The van der Waals surface area contributed by atoms with E-state index in [9.17, 15) is 4.79 Å². The highest BCUT2D eigenvalue weighted by atomic mass is 16.6. The van der Waals surface area contributed by atoms with Crippen LogP contribution >= 0.6 is 0 Å². The van der Waals surface area contributed by atoms with Crippen molar-refractivity contribution in [3.05, 3.63) is 54.2 Å². The van der Waals surface area contributed by atoms with Crippen molar-refractivity contribution in [1.82, 2.24) is 29.7 Å². The molecule has 1 aromatic carbocycles. The number of anilines is 1. The van der Waals surface area contributed by atoms with Gasteiger partial charge in [-0.2, -0.15) is 4.98 Å². The van der Waals surface area contributed by atoms with E-state index in [1.54, 1.807) is 23.3 Å². The van der Waals surface area contributed by atoms with Crippen molar-refractivity contribution in [2.45, 2.75) is 19.8 Å². The Hall–Kier alpha value is -3.66. The highest BCUT2D eigenvalue weighted by molar-refractivity contribution is 5.81. The van der Waals surface area contributed by atoms with Gasteiger partial charge in [-0.25, -0.2) is 9.97 Å². The monoisotopic (exact) mass is 479 g/mol. The molecule has 35 heavy (non-hydrogen) atoms. The Morgan fingerprint density at radius 3 is 2.71 bits per heavy atom. The van der Waals surface area contributed by atoms with E-state index in [1.807, 2.05) is 50.2 Å². The van der Waals surface area contributed by atoms with Crippen LogP contribution in [0.5, 0.6) is 11.5 Å². The first kappa shape index (κ1) is 24.5. The topological polar surface area (TPSA) is 97.6 Å². The predicted molar refractivity (Wildman–Crippen MR) is 133 cm³/mol. The number of ether oxygens (including phenoxy) is 2. The fourth-order valence-electron chi connectivity index (χ4n) is 3.86. The van der Waals surface area contributed by atoms with Crippen LogP contribution in [0.1, 0.15) is 17.7 Å². The molecular formula is C25H33N7O3. The van der Waals surface area contributed by atoms with Crippen LogP contribution in [0.3, 0.4) is 0 Å². The third kappa shape index (κ3) is 6.92. The zero-order valence-electron chi connectivity index (χ0n) is 20.6. The molecule has 1 N–H and O–H groups in total. The van der Waals surface area contributed by atoms with Crippen molar-refractivity contribution < 1.29 is 14.3 Å². The van der Waals surface area contributed by atoms with E-state index in [4.69, 9.17) is 14.5 Å². The number of hydrogen-bond acceptors (Lipinski definition) is 8. The van der Waals surface area contributed by atoms with Crippen molar-refractivity contribution in [2.75, 3.05) is 58.4 Å². The molecule has 3 heterocycles. The summed E-state index contributed by atoms with van der Waals surface area (Å²) in [7, 11) is 4.09. The second-order valence-electron chi connectivity index (χ2n) is 8.79. The molecule has 0 atom stereocenters. The van der Waals surface area contributed by atoms with Crippen molar-refractivity contribution >= 4 is 11.7 Å². The van der Waals surface area contributed by atoms with E-state index in [0.29, 0.717) is 38.7 Å². The molecule has 2 aromatic heterocycles. The van der Waals surface area contributed by atoms with Crippen LogP contribution in [-0.4, -0.2) is 83.8 Å². The highest BCUT2D eigenvalue weighted by Crippen LogP contribution is 2.30. The Morgan fingerprint density at radius 1 is 1.11 bits per heavy atom. The standard InChI is InChI=1S/C25H33N7O3/c1-19-15-23(29-25(28-19)32-12-9-26-18-32)31(11-4-10-30(2)3)17-24(33)27-8-7-20-5-6-21-22(16-20)35-14-13-34-21/h5-6,9,12,15-16,18H,4,7-8,10-11,13-14,17H2,1-3H3,(H,27,33). The van der Waals surface area contributed by atoms with Crippen molar-refractivity contribution in [3.63, 3.8) is 0 Å². The second kappa shape index (κ2) is 11.7. The van der Waals surface area contributed by atoms with E-state index in [-0.39, 0.29) is 12.5 Å². The number of carbonyl (C=O) groups is 1. The van der Waals surface area contributed by atoms with E-state index in [1.165, 1.54) is 0 Å². The number of rotatable bonds is 11. The first-order chi connectivity index (χ1) is 17.0. The molecule has 0 bridgehead atoms. The van der Waals surface area contributed by atoms with E-state index in [2.05, 4.69) is 20.2 Å². The molecule has 0 spiro atoms. The third-order valence-corrected chi connectivity index (χ3v) is 5.60. The normalized spacial score (nSPS) is 12.6. The van der Waals surface area contributed by atoms with Crippen molar-refractivity contribution in [3.8, 4) is 17.4 Å². The lowest BCUT2D eigenvalue weighted by atomic mass is 10.1. The minimum absolute atomic E-state index is 0.0483. The molecule has 10 nitrogen and oxygen atoms in total. The zero-order valence-corrected chi connectivity index (χ0v) is 20.6. The molecule has 186 valence electrons. The SMILES string of the molecule is Cc1cc(N(CCCN(C)C)CC(=O)NCCc2ccc3c(c2)OCCO3)nc(-n2ccnc2)n1. The van der Waals surface area contributed by atoms with Crippen LogP contribution in [0, 0.1) is 6.92 Å². The van der Waals surface area contributed by atoms with Gasteiger partial charge in [-0.3, -0.25) is 9.36 Å². The first-order valence-electron chi connectivity index (χ1n) is 11.9. The Balaban J connectivity index is 1.39. The van der Waals surface area contributed by atoms with Crippen LogP contribution in [0.25, 0.3) is 5.95 Å². The Kier molecular flexibility index (Phi) is 8.15. The molecule has 0 unspecified atom stereocenters. The molecule has 0 saturated heterocycles. The maximum atomic E-state index is 12.9. The molecule has 0 saturated carbocycles. The number of aromatic nitrogens is 4. The number of carbonyl (C=O) groups excluding carboxylic acids is 1. The van der Waals surface area contributed by atoms with Crippen LogP contribution in [0.4, 0.5) is 5.82 Å². The minimum Gasteiger partial charge on any atom is -0.486 e. The van der Waals surface area contributed by atoms with Gasteiger partial charge < -0.3 is 24.6 Å². The third-order valence-electron chi connectivity index (χ3n) is 5.60. The van der Waals surface area contributed by atoms with E-state index >= 15 is 0 Å². The number of hydrogen-bond donors (Lipinski definition) is 1. The number of benzene rings is 1. The highest BCUT2D eigenvalue weighted by Gasteiger charge is 2.16. The molecule has 0 fully saturated rings. The first-order valence-corrected chi connectivity index (χ1v) is 11.9. The number of amides is 1. The summed E-state index contributed by atoms with van der Waals surface area (Å²) >= 11 is 0. The summed E-state index contributed by atoms with van der Waals surface area (Å²) in [6.45, 7) is 5.43. The summed E-state index contributed by atoms with van der Waals surface area (Å²) in [4.78, 5) is 30.3. The maximum Gasteiger partial charge on any atom is 0.239 e. The van der Waals surface area contributed by atoms with Crippen LogP contribution in [-0.2, 0) is 11.2 Å². The predicted octanol–water partition coefficient (Wildman–Crippen LogP) is 1.86. The van der Waals surface area contributed by atoms with Crippen molar-refractivity contribution in [1.29, 1.82) is 0 Å².